The maximum Gasteiger partial charge on any atom is 0.247 e. The van der Waals surface area contributed by atoms with Gasteiger partial charge in [0.05, 0.1) is 27.6 Å². The Labute approximate surface area is 194 Å². The number of piperidine rings is 1. The van der Waals surface area contributed by atoms with Crippen molar-refractivity contribution >= 4 is 22.4 Å². The SMILES string of the molecule is COc1ccc(OC)c(-c2coc3cc(OC)c(/C(C)=C/C(=O)N4CCCCC4C)cc23)c1. The van der Waals surface area contributed by atoms with E-state index in [1.807, 2.05) is 42.2 Å². The van der Waals surface area contributed by atoms with Crippen molar-refractivity contribution in [2.45, 2.75) is 39.2 Å². The lowest BCUT2D eigenvalue weighted by Crippen LogP contribution is -2.41. The topological polar surface area (TPSA) is 61.1 Å². The zero-order valence-corrected chi connectivity index (χ0v) is 19.9. The molecule has 0 radical (unpaired) electrons. The molecule has 1 unspecified atom stereocenters. The van der Waals surface area contributed by atoms with Crippen LogP contribution in [0.4, 0.5) is 0 Å². The number of ether oxygens (including phenoxy) is 3. The largest absolute Gasteiger partial charge is 0.497 e. The second-order valence-corrected chi connectivity index (χ2v) is 8.47. The average Bonchev–Trinajstić information content (AvgIpc) is 3.25. The maximum atomic E-state index is 13.0. The third-order valence-corrected chi connectivity index (χ3v) is 6.44. The number of allylic oxidation sites excluding steroid dienone is 1. The van der Waals surface area contributed by atoms with E-state index < -0.39 is 0 Å². The van der Waals surface area contributed by atoms with E-state index in [0.29, 0.717) is 11.3 Å². The Hall–Kier alpha value is -3.41. The summed E-state index contributed by atoms with van der Waals surface area (Å²) in [5, 5.41) is 0.906. The molecule has 6 nitrogen and oxygen atoms in total. The Kier molecular flexibility index (Phi) is 6.63. The number of methoxy groups -OCH3 is 3. The van der Waals surface area contributed by atoms with Gasteiger partial charge in [-0.1, -0.05) is 0 Å². The van der Waals surface area contributed by atoms with Crippen molar-refractivity contribution in [2.75, 3.05) is 27.9 Å². The summed E-state index contributed by atoms with van der Waals surface area (Å²) in [6, 6.07) is 9.81. The van der Waals surface area contributed by atoms with Gasteiger partial charge in [0.2, 0.25) is 5.91 Å². The van der Waals surface area contributed by atoms with Crippen molar-refractivity contribution in [2.24, 2.45) is 0 Å². The minimum atomic E-state index is 0.0451. The lowest BCUT2D eigenvalue weighted by Gasteiger charge is -2.32. The summed E-state index contributed by atoms with van der Waals surface area (Å²) in [6.07, 6.45) is 6.71. The number of rotatable bonds is 6. The quantitative estimate of drug-likeness (QED) is 0.437. The van der Waals surface area contributed by atoms with Crippen LogP contribution in [0, 0.1) is 0 Å². The van der Waals surface area contributed by atoms with E-state index >= 15 is 0 Å². The van der Waals surface area contributed by atoms with Crippen LogP contribution in [0.5, 0.6) is 17.2 Å². The highest BCUT2D eigenvalue weighted by Gasteiger charge is 2.23. The third kappa shape index (κ3) is 4.42. The van der Waals surface area contributed by atoms with Crippen LogP contribution >= 0.6 is 0 Å². The minimum Gasteiger partial charge on any atom is -0.497 e. The third-order valence-electron chi connectivity index (χ3n) is 6.44. The Bertz CT molecular complexity index is 1190. The van der Waals surface area contributed by atoms with E-state index in [2.05, 4.69) is 6.92 Å². The molecule has 0 bridgehead atoms. The molecule has 1 aromatic heterocycles. The summed E-state index contributed by atoms with van der Waals surface area (Å²) >= 11 is 0. The van der Waals surface area contributed by atoms with Crippen molar-refractivity contribution in [3.8, 4) is 28.4 Å². The van der Waals surface area contributed by atoms with Crippen molar-refractivity contribution < 1.29 is 23.4 Å². The molecule has 0 N–H and O–H groups in total. The predicted octanol–water partition coefficient (Wildman–Crippen LogP) is 5.93. The first-order valence-electron chi connectivity index (χ1n) is 11.3. The van der Waals surface area contributed by atoms with Gasteiger partial charge in [0.25, 0.3) is 0 Å². The highest BCUT2D eigenvalue weighted by Crippen LogP contribution is 2.41. The number of hydrogen-bond acceptors (Lipinski definition) is 5. The number of hydrogen-bond donors (Lipinski definition) is 0. The lowest BCUT2D eigenvalue weighted by atomic mass is 9.98. The van der Waals surface area contributed by atoms with Gasteiger partial charge in [-0.05, 0) is 62.9 Å². The second-order valence-electron chi connectivity index (χ2n) is 8.47. The fraction of sp³-hybridized carbons (Fsp3) is 0.370. The van der Waals surface area contributed by atoms with E-state index in [1.165, 1.54) is 6.42 Å². The summed E-state index contributed by atoms with van der Waals surface area (Å²) in [5.41, 5.74) is 4.15. The summed E-state index contributed by atoms with van der Waals surface area (Å²) in [5.74, 6) is 2.15. The first kappa shape index (κ1) is 22.8. The van der Waals surface area contributed by atoms with Gasteiger partial charge in [-0.3, -0.25) is 4.79 Å². The Balaban J connectivity index is 1.79. The predicted molar refractivity (Wildman–Crippen MR) is 130 cm³/mol. The number of carbonyl (C=O) groups is 1. The number of fused-ring (bicyclic) bond motifs is 1. The fourth-order valence-electron chi connectivity index (χ4n) is 4.54. The molecule has 174 valence electrons. The lowest BCUT2D eigenvalue weighted by molar-refractivity contribution is -0.129. The first-order valence-corrected chi connectivity index (χ1v) is 11.3. The van der Waals surface area contributed by atoms with E-state index in [1.54, 1.807) is 33.7 Å². The molecule has 4 rings (SSSR count). The van der Waals surface area contributed by atoms with Crippen molar-refractivity contribution in [1.29, 1.82) is 0 Å². The van der Waals surface area contributed by atoms with Crippen molar-refractivity contribution in [3.05, 3.63) is 48.2 Å². The Morgan fingerprint density at radius 1 is 1.03 bits per heavy atom. The molecule has 1 aliphatic heterocycles. The van der Waals surface area contributed by atoms with Gasteiger partial charge in [-0.25, -0.2) is 0 Å². The van der Waals surface area contributed by atoms with Crippen LogP contribution in [0.1, 0.15) is 38.7 Å². The van der Waals surface area contributed by atoms with Crippen LogP contribution in [0.15, 0.2) is 47.1 Å². The number of furan rings is 1. The van der Waals surface area contributed by atoms with Gasteiger partial charge < -0.3 is 23.5 Å². The van der Waals surface area contributed by atoms with Gasteiger partial charge in [-0.15, -0.1) is 0 Å². The molecule has 1 aliphatic rings. The second kappa shape index (κ2) is 9.61. The number of likely N-dealkylation sites (tertiary alicyclic amines) is 1. The molecule has 3 aromatic rings. The monoisotopic (exact) mass is 449 g/mol. The van der Waals surface area contributed by atoms with E-state index in [9.17, 15) is 4.79 Å². The standard InChI is InChI=1S/C27H31NO5/c1-17(12-27(29)28-11-7-6-8-18(28)2)20-14-22-23(16-33-26(22)15-25(20)32-5)21-13-19(30-3)9-10-24(21)31-4/h9-10,12-16,18H,6-8,11H2,1-5H3/b17-12+. The van der Waals surface area contributed by atoms with Crippen LogP contribution in [0.25, 0.3) is 27.7 Å². The van der Waals surface area contributed by atoms with Crippen LogP contribution in [-0.2, 0) is 4.79 Å². The molecule has 1 amide bonds. The van der Waals surface area contributed by atoms with Crippen LogP contribution in [0.2, 0.25) is 0 Å². The zero-order chi connectivity index (χ0) is 23.5. The Morgan fingerprint density at radius 2 is 1.82 bits per heavy atom. The van der Waals surface area contributed by atoms with E-state index in [-0.39, 0.29) is 11.9 Å². The number of nitrogens with zero attached hydrogens (tertiary/aromatic N) is 1. The molecule has 2 heterocycles. The molecule has 1 fully saturated rings. The number of carbonyl (C=O) groups excluding carboxylic acids is 1. The summed E-state index contributed by atoms with van der Waals surface area (Å²) in [7, 11) is 4.90. The van der Waals surface area contributed by atoms with Gasteiger partial charge >= 0.3 is 0 Å². The summed E-state index contributed by atoms with van der Waals surface area (Å²) < 4.78 is 22.5. The summed E-state index contributed by atoms with van der Waals surface area (Å²) in [4.78, 5) is 15.0. The van der Waals surface area contributed by atoms with Gasteiger partial charge in [0.15, 0.2) is 0 Å². The van der Waals surface area contributed by atoms with Crippen LogP contribution in [-0.4, -0.2) is 44.7 Å². The molecule has 0 saturated carbocycles. The first-order chi connectivity index (χ1) is 16.0. The highest BCUT2D eigenvalue weighted by molar-refractivity contribution is 6.01. The van der Waals surface area contributed by atoms with Crippen LogP contribution < -0.4 is 14.2 Å². The number of benzene rings is 2. The molecule has 1 saturated heterocycles. The molecular formula is C27H31NO5. The zero-order valence-electron chi connectivity index (χ0n) is 19.9. The molecule has 0 aliphatic carbocycles. The average molecular weight is 450 g/mol. The van der Waals surface area contributed by atoms with Gasteiger partial charge in [0, 0.05) is 46.8 Å². The van der Waals surface area contributed by atoms with E-state index in [4.69, 9.17) is 18.6 Å². The van der Waals surface area contributed by atoms with Crippen molar-refractivity contribution in [3.63, 3.8) is 0 Å². The van der Waals surface area contributed by atoms with Gasteiger partial charge in [0.1, 0.15) is 22.8 Å². The smallest absolute Gasteiger partial charge is 0.247 e. The highest BCUT2D eigenvalue weighted by atomic mass is 16.5. The Morgan fingerprint density at radius 3 is 2.52 bits per heavy atom. The number of amides is 1. The molecule has 1 atom stereocenters. The summed E-state index contributed by atoms with van der Waals surface area (Å²) in [6.45, 7) is 4.87. The minimum absolute atomic E-state index is 0.0451. The molecule has 33 heavy (non-hydrogen) atoms. The van der Waals surface area contributed by atoms with Crippen molar-refractivity contribution in [1.82, 2.24) is 4.90 Å². The van der Waals surface area contributed by atoms with Crippen LogP contribution in [0.3, 0.4) is 0 Å². The maximum absolute atomic E-state index is 13.0. The van der Waals surface area contributed by atoms with Gasteiger partial charge in [-0.2, -0.15) is 0 Å². The van der Waals surface area contributed by atoms with E-state index in [0.717, 1.165) is 58.5 Å². The molecular weight excluding hydrogens is 418 g/mol. The normalized spacial score (nSPS) is 16.7. The molecule has 6 heteroatoms. The molecule has 2 aromatic carbocycles. The molecule has 0 spiro atoms. The fourth-order valence-corrected chi connectivity index (χ4v) is 4.54.